The number of sulfone groups is 1. The number of nitrogens with zero attached hydrogens (tertiary/aromatic N) is 1. The Labute approximate surface area is 109 Å². The predicted octanol–water partition coefficient (Wildman–Crippen LogP) is -0.559. The molecular weight excluding hydrogens is 270 g/mol. The fourth-order valence-corrected chi connectivity index (χ4v) is 4.34. The van der Waals surface area contributed by atoms with Crippen LogP contribution in [0.4, 0.5) is 0 Å². The van der Waals surface area contributed by atoms with E-state index in [9.17, 15) is 23.1 Å². The number of amides is 2. The van der Waals surface area contributed by atoms with Gasteiger partial charge < -0.3 is 5.11 Å². The van der Waals surface area contributed by atoms with E-state index >= 15 is 0 Å². The van der Waals surface area contributed by atoms with Crippen LogP contribution in [-0.2, 0) is 9.84 Å². The van der Waals surface area contributed by atoms with Gasteiger partial charge in [0, 0.05) is 0 Å². The average molecular weight is 281 g/mol. The van der Waals surface area contributed by atoms with E-state index in [4.69, 9.17) is 0 Å². The van der Waals surface area contributed by atoms with Crippen LogP contribution in [0.3, 0.4) is 0 Å². The second kappa shape index (κ2) is 3.88. The summed E-state index contributed by atoms with van der Waals surface area (Å²) in [7, 11) is -3.41. The van der Waals surface area contributed by atoms with Gasteiger partial charge in [0.1, 0.15) is 0 Å². The Balaban J connectivity index is 2.01. The zero-order chi connectivity index (χ0) is 13.8. The SMILES string of the molecule is O=C1c2ccccc2C(=O)N1[C@@H]1CS(=O)(=O)C[C@@H]1O. The van der Waals surface area contributed by atoms with Crippen molar-refractivity contribution >= 4 is 21.7 Å². The lowest BCUT2D eigenvalue weighted by atomic mass is 10.1. The van der Waals surface area contributed by atoms with E-state index < -0.39 is 39.6 Å². The summed E-state index contributed by atoms with van der Waals surface area (Å²) in [5.74, 6) is -1.87. The van der Waals surface area contributed by atoms with E-state index in [1.807, 2.05) is 0 Å². The summed E-state index contributed by atoms with van der Waals surface area (Å²) in [6.07, 6.45) is -1.22. The molecule has 0 radical (unpaired) electrons. The Morgan fingerprint density at radius 2 is 1.58 bits per heavy atom. The second-order valence-corrected chi connectivity index (χ2v) is 6.89. The van der Waals surface area contributed by atoms with Gasteiger partial charge in [-0.2, -0.15) is 0 Å². The molecule has 2 atom stereocenters. The number of hydrogen-bond acceptors (Lipinski definition) is 5. The van der Waals surface area contributed by atoms with Gasteiger partial charge in [-0.15, -0.1) is 0 Å². The predicted molar refractivity (Wildman–Crippen MR) is 65.4 cm³/mol. The highest BCUT2D eigenvalue weighted by atomic mass is 32.2. The molecule has 1 saturated heterocycles. The molecule has 6 nitrogen and oxygen atoms in total. The maximum absolute atomic E-state index is 12.1. The fraction of sp³-hybridized carbons (Fsp3) is 0.333. The molecule has 2 amide bonds. The molecule has 0 aromatic heterocycles. The number of aliphatic hydroxyl groups is 1. The molecule has 1 fully saturated rings. The molecule has 19 heavy (non-hydrogen) atoms. The van der Waals surface area contributed by atoms with E-state index in [2.05, 4.69) is 0 Å². The summed E-state index contributed by atoms with van der Waals surface area (Å²) in [6.45, 7) is 0. The van der Waals surface area contributed by atoms with Gasteiger partial charge in [-0.3, -0.25) is 14.5 Å². The fourth-order valence-electron chi connectivity index (χ4n) is 2.57. The van der Waals surface area contributed by atoms with E-state index in [0.29, 0.717) is 0 Å². The number of benzene rings is 1. The van der Waals surface area contributed by atoms with E-state index in [0.717, 1.165) is 4.90 Å². The van der Waals surface area contributed by atoms with Gasteiger partial charge in [0.25, 0.3) is 11.8 Å². The van der Waals surface area contributed by atoms with Crippen molar-refractivity contribution in [1.82, 2.24) is 4.90 Å². The van der Waals surface area contributed by atoms with Crippen molar-refractivity contribution < 1.29 is 23.1 Å². The lowest BCUT2D eigenvalue weighted by Gasteiger charge is -2.23. The van der Waals surface area contributed by atoms with Crippen molar-refractivity contribution in [2.45, 2.75) is 12.1 Å². The third-order valence-electron chi connectivity index (χ3n) is 3.45. The minimum atomic E-state index is -3.41. The number of aliphatic hydroxyl groups excluding tert-OH is 1. The molecule has 3 rings (SSSR count). The molecule has 1 N–H and O–H groups in total. The van der Waals surface area contributed by atoms with Gasteiger partial charge in [-0.25, -0.2) is 8.42 Å². The number of hydrogen-bond donors (Lipinski definition) is 1. The van der Waals surface area contributed by atoms with Crippen LogP contribution in [0.2, 0.25) is 0 Å². The van der Waals surface area contributed by atoms with Crippen molar-refractivity contribution in [1.29, 1.82) is 0 Å². The Morgan fingerprint density at radius 3 is 2.00 bits per heavy atom. The number of carbonyl (C=O) groups excluding carboxylic acids is 2. The molecule has 100 valence electrons. The molecule has 0 spiro atoms. The van der Waals surface area contributed by atoms with E-state index in [1.165, 1.54) is 12.1 Å². The van der Waals surface area contributed by atoms with Gasteiger partial charge in [0.05, 0.1) is 34.8 Å². The summed E-state index contributed by atoms with van der Waals surface area (Å²) < 4.78 is 23.0. The number of rotatable bonds is 1. The average Bonchev–Trinajstić information content (AvgIpc) is 2.75. The highest BCUT2D eigenvalue weighted by Crippen LogP contribution is 2.28. The van der Waals surface area contributed by atoms with E-state index in [1.54, 1.807) is 12.1 Å². The van der Waals surface area contributed by atoms with Gasteiger partial charge >= 0.3 is 0 Å². The molecule has 0 saturated carbocycles. The maximum Gasteiger partial charge on any atom is 0.261 e. The van der Waals surface area contributed by atoms with Crippen LogP contribution >= 0.6 is 0 Å². The first-order valence-corrected chi connectivity index (χ1v) is 7.58. The smallest absolute Gasteiger partial charge is 0.261 e. The molecule has 2 heterocycles. The molecule has 7 heteroatoms. The molecule has 1 aromatic rings. The van der Waals surface area contributed by atoms with Gasteiger partial charge in [-0.1, -0.05) is 12.1 Å². The summed E-state index contributed by atoms with van der Waals surface area (Å²) >= 11 is 0. The van der Waals surface area contributed by atoms with Crippen LogP contribution in [0.25, 0.3) is 0 Å². The third-order valence-corrected chi connectivity index (χ3v) is 5.15. The van der Waals surface area contributed by atoms with Crippen molar-refractivity contribution in [3.05, 3.63) is 35.4 Å². The van der Waals surface area contributed by atoms with Gasteiger partial charge in [0.15, 0.2) is 9.84 Å². The van der Waals surface area contributed by atoms with Crippen LogP contribution in [-0.4, -0.2) is 53.9 Å². The van der Waals surface area contributed by atoms with Crippen molar-refractivity contribution in [3.63, 3.8) is 0 Å². The summed E-state index contributed by atoms with van der Waals surface area (Å²) in [5, 5.41) is 9.77. The molecule has 0 bridgehead atoms. The van der Waals surface area contributed by atoms with Crippen molar-refractivity contribution in [2.75, 3.05) is 11.5 Å². The first-order chi connectivity index (χ1) is 8.91. The Morgan fingerprint density at radius 1 is 1.05 bits per heavy atom. The zero-order valence-electron chi connectivity index (χ0n) is 9.81. The summed E-state index contributed by atoms with van der Waals surface area (Å²) in [6, 6.07) is 5.32. The van der Waals surface area contributed by atoms with Crippen LogP contribution < -0.4 is 0 Å². The second-order valence-electron chi connectivity index (χ2n) is 4.74. The molecular formula is C12H11NO5S. The van der Waals surface area contributed by atoms with Crippen molar-refractivity contribution in [2.24, 2.45) is 0 Å². The summed E-state index contributed by atoms with van der Waals surface area (Å²) in [5.41, 5.74) is 0.507. The van der Waals surface area contributed by atoms with Crippen LogP contribution in [0, 0.1) is 0 Å². The van der Waals surface area contributed by atoms with Crippen LogP contribution in [0.5, 0.6) is 0 Å². The number of carbonyl (C=O) groups is 2. The third kappa shape index (κ3) is 1.77. The van der Waals surface area contributed by atoms with Crippen LogP contribution in [0.15, 0.2) is 24.3 Å². The zero-order valence-corrected chi connectivity index (χ0v) is 10.6. The Bertz CT molecular complexity index is 646. The van der Waals surface area contributed by atoms with Crippen molar-refractivity contribution in [3.8, 4) is 0 Å². The number of fused-ring (bicyclic) bond motifs is 1. The van der Waals surface area contributed by atoms with Gasteiger partial charge in [0.2, 0.25) is 0 Å². The minimum absolute atomic E-state index is 0.254. The summed E-state index contributed by atoms with van der Waals surface area (Å²) in [4.78, 5) is 25.2. The number of imide groups is 1. The largest absolute Gasteiger partial charge is 0.390 e. The molecule has 0 aliphatic carbocycles. The first kappa shape index (κ1) is 12.3. The van der Waals surface area contributed by atoms with Gasteiger partial charge in [-0.05, 0) is 12.1 Å². The molecule has 1 aromatic carbocycles. The van der Waals surface area contributed by atoms with Crippen LogP contribution in [0.1, 0.15) is 20.7 Å². The Kier molecular flexibility index (Phi) is 2.51. The lowest BCUT2D eigenvalue weighted by Crippen LogP contribution is -2.46. The highest BCUT2D eigenvalue weighted by Gasteiger charge is 2.48. The first-order valence-electron chi connectivity index (χ1n) is 5.76. The molecule has 2 aliphatic rings. The minimum Gasteiger partial charge on any atom is -0.390 e. The molecule has 0 unspecified atom stereocenters. The maximum atomic E-state index is 12.1. The molecule has 2 aliphatic heterocycles. The Hall–Kier alpha value is -1.73. The quantitative estimate of drug-likeness (QED) is 0.697. The normalized spacial score (nSPS) is 28.8. The highest BCUT2D eigenvalue weighted by molar-refractivity contribution is 7.91. The standard InChI is InChI=1S/C12H11NO5S/c14-10-6-19(17,18)5-9(10)13-11(15)7-3-1-2-4-8(7)12(13)16/h1-4,9-10,14H,5-6H2/t9-,10+/m1/s1. The monoisotopic (exact) mass is 281 g/mol. The topological polar surface area (TPSA) is 91.8 Å². The van der Waals surface area contributed by atoms with E-state index in [-0.39, 0.29) is 16.9 Å². The lowest BCUT2D eigenvalue weighted by molar-refractivity contribution is 0.0451.